The van der Waals surface area contributed by atoms with Gasteiger partial charge in [0.1, 0.15) is 11.6 Å². The Bertz CT molecular complexity index is 1110. The van der Waals surface area contributed by atoms with Crippen LogP contribution < -0.4 is 31.4 Å². The number of ether oxygens (including phenoxy) is 3. The Kier molecular flexibility index (Phi) is 5.80. The van der Waals surface area contributed by atoms with Gasteiger partial charge in [-0.1, -0.05) is 12.1 Å². The van der Waals surface area contributed by atoms with Gasteiger partial charge in [0.25, 0.3) is 0 Å². The molecule has 0 fully saturated rings. The van der Waals surface area contributed by atoms with Crippen LogP contribution in [0.4, 0.5) is 5.69 Å². The van der Waals surface area contributed by atoms with Crippen LogP contribution in [0.15, 0.2) is 40.2 Å². The number of benzene rings is 2. The molecule has 6 N–H and O–H groups in total. The first kappa shape index (κ1) is 21.3. The number of hydrogen-bond acceptors (Lipinski definition) is 7. The maximum absolute atomic E-state index is 11.7. The topological polar surface area (TPSA) is 147 Å². The van der Waals surface area contributed by atoms with Crippen molar-refractivity contribution < 1.29 is 19.0 Å². The number of carbonyl (C=O) groups is 1. The van der Waals surface area contributed by atoms with Crippen molar-refractivity contribution in [2.75, 3.05) is 20.0 Å². The average Bonchev–Trinajstić information content (AvgIpc) is 2.72. The highest BCUT2D eigenvalue weighted by Gasteiger charge is 2.34. The van der Waals surface area contributed by atoms with Crippen LogP contribution in [0, 0.1) is 11.3 Å². The van der Waals surface area contributed by atoms with Gasteiger partial charge in [-0.25, -0.2) is 0 Å². The number of amides is 1. The van der Waals surface area contributed by atoms with Crippen molar-refractivity contribution in [2.24, 2.45) is 11.5 Å². The summed E-state index contributed by atoms with van der Waals surface area (Å²) in [4.78, 5) is 11.7. The minimum atomic E-state index is -0.616. The smallest absolute Gasteiger partial charge is 0.224 e. The van der Waals surface area contributed by atoms with Crippen molar-refractivity contribution in [1.82, 2.24) is 0 Å². The second-order valence-corrected chi connectivity index (χ2v) is 7.63. The third-order valence-corrected chi connectivity index (χ3v) is 5.73. The minimum Gasteiger partial charge on any atom is -0.493 e. The molecule has 1 aliphatic heterocycles. The van der Waals surface area contributed by atoms with Crippen molar-refractivity contribution in [3.05, 3.63) is 56.9 Å². The highest BCUT2D eigenvalue weighted by molar-refractivity contribution is 9.10. The number of anilines is 1. The third kappa shape index (κ3) is 3.39. The molecule has 0 spiro atoms. The van der Waals surface area contributed by atoms with Crippen LogP contribution in [0.5, 0.6) is 17.2 Å². The fourth-order valence-electron chi connectivity index (χ4n) is 3.54. The van der Waals surface area contributed by atoms with E-state index in [0.717, 1.165) is 5.56 Å². The van der Waals surface area contributed by atoms with Gasteiger partial charge in [0.05, 0.1) is 36.2 Å². The molecule has 30 heavy (non-hydrogen) atoms. The van der Waals surface area contributed by atoms with Crippen LogP contribution in [-0.4, -0.2) is 20.1 Å². The van der Waals surface area contributed by atoms with Crippen LogP contribution in [-0.2, 0) is 4.79 Å². The van der Waals surface area contributed by atoms with Gasteiger partial charge in [-0.15, -0.1) is 0 Å². The summed E-state index contributed by atoms with van der Waals surface area (Å²) in [6.45, 7) is 1.66. The van der Waals surface area contributed by atoms with E-state index >= 15 is 0 Å². The zero-order valence-corrected chi connectivity index (χ0v) is 18.2. The maximum atomic E-state index is 11.7. The number of rotatable bonds is 5. The van der Waals surface area contributed by atoms with E-state index in [1.807, 2.05) is 6.07 Å². The van der Waals surface area contributed by atoms with Gasteiger partial charge in [0, 0.05) is 5.56 Å². The molecular formula is C21H21BrN4O4. The van der Waals surface area contributed by atoms with Crippen LogP contribution in [0.2, 0.25) is 0 Å². The number of methoxy groups -OCH3 is 2. The number of nitrogens with zero attached hydrogens (tertiary/aromatic N) is 1. The Morgan fingerprint density at radius 3 is 2.53 bits per heavy atom. The summed E-state index contributed by atoms with van der Waals surface area (Å²) in [6.07, 6.45) is 0. The quantitative estimate of drug-likeness (QED) is 0.566. The van der Waals surface area contributed by atoms with E-state index in [9.17, 15) is 10.1 Å². The van der Waals surface area contributed by atoms with Crippen molar-refractivity contribution in [3.8, 4) is 23.3 Å². The molecule has 0 saturated carbocycles. The first-order chi connectivity index (χ1) is 14.2. The number of nitriles is 1. The Labute approximate surface area is 182 Å². The van der Waals surface area contributed by atoms with Gasteiger partial charge in [0.2, 0.25) is 11.8 Å². The van der Waals surface area contributed by atoms with Crippen molar-refractivity contribution in [1.29, 1.82) is 5.26 Å². The largest absolute Gasteiger partial charge is 0.493 e. The standard InChI is InChI=1S/C21H21BrN4O4/c1-9(20(25)27)11-4-5-12-16(13(8-23)21(26)30-18(12)17(11)24)10-6-14(22)19(29-3)15(7-10)28-2/h4-7,9,16H,24,26H2,1-3H3,(H2,25,27)/t9?,16-/m1/s1. The van der Waals surface area contributed by atoms with E-state index in [2.05, 4.69) is 22.0 Å². The normalized spacial score (nSPS) is 16.2. The zero-order valence-electron chi connectivity index (χ0n) is 16.7. The Morgan fingerprint density at radius 2 is 1.97 bits per heavy atom. The number of nitrogen functional groups attached to an aromatic ring is 1. The molecule has 1 amide bonds. The van der Waals surface area contributed by atoms with Crippen molar-refractivity contribution >= 4 is 27.5 Å². The number of fused-ring (bicyclic) bond motifs is 1. The molecule has 2 atom stereocenters. The molecule has 1 aliphatic rings. The molecule has 2 aromatic carbocycles. The second kappa shape index (κ2) is 8.16. The minimum absolute atomic E-state index is 0.0588. The number of allylic oxidation sites excluding steroid dienone is 1. The van der Waals surface area contributed by atoms with E-state index in [-0.39, 0.29) is 17.1 Å². The first-order valence-electron chi connectivity index (χ1n) is 8.95. The number of primary amides is 1. The number of nitrogens with two attached hydrogens (primary N) is 3. The lowest BCUT2D eigenvalue weighted by atomic mass is 9.81. The molecule has 1 unspecified atom stereocenters. The molecule has 8 nitrogen and oxygen atoms in total. The lowest BCUT2D eigenvalue weighted by molar-refractivity contribution is -0.119. The van der Waals surface area contributed by atoms with Crippen LogP contribution in [0.3, 0.4) is 0 Å². The molecule has 3 rings (SSSR count). The monoisotopic (exact) mass is 472 g/mol. The SMILES string of the molecule is COc1cc([C@H]2C(C#N)=C(N)Oc3c2ccc(C(C)C(N)=O)c3N)cc(Br)c1OC. The van der Waals surface area contributed by atoms with E-state index in [0.29, 0.717) is 32.8 Å². The summed E-state index contributed by atoms with van der Waals surface area (Å²) in [6, 6.07) is 9.20. The lowest BCUT2D eigenvalue weighted by Crippen LogP contribution is -2.24. The molecular weight excluding hydrogens is 452 g/mol. The number of carbonyl (C=O) groups excluding carboxylic acids is 1. The Hall–Kier alpha value is -3.38. The van der Waals surface area contributed by atoms with Gasteiger partial charge in [0.15, 0.2) is 17.2 Å². The molecule has 1 heterocycles. The van der Waals surface area contributed by atoms with Gasteiger partial charge in [-0.3, -0.25) is 4.79 Å². The van der Waals surface area contributed by atoms with Crippen molar-refractivity contribution in [3.63, 3.8) is 0 Å². The summed E-state index contributed by atoms with van der Waals surface area (Å²) >= 11 is 3.48. The Balaban J connectivity index is 2.27. The number of hydrogen-bond donors (Lipinski definition) is 3. The summed E-state index contributed by atoms with van der Waals surface area (Å²) in [5.74, 6) is -0.444. The summed E-state index contributed by atoms with van der Waals surface area (Å²) in [5.41, 5.74) is 20.2. The van der Waals surface area contributed by atoms with Gasteiger partial charge < -0.3 is 31.4 Å². The fourth-order valence-corrected chi connectivity index (χ4v) is 4.16. The van der Waals surface area contributed by atoms with Crippen LogP contribution in [0.1, 0.15) is 35.4 Å². The summed E-state index contributed by atoms with van der Waals surface area (Å²) < 4.78 is 17.2. The highest BCUT2D eigenvalue weighted by Crippen LogP contribution is 2.49. The van der Waals surface area contributed by atoms with E-state index in [1.54, 1.807) is 25.1 Å². The molecule has 0 bridgehead atoms. The third-order valence-electron chi connectivity index (χ3n) is 5.14. The van der Waals surface area contributed by atoms with Gasteiger partial charge in [-0.05, 0) is 46.1 Å². The predicted octanol–water partition coefficient (Wildman–Crippen LogP) is 2.86. The average molecular weight is 473 g/mol. The van der Waals surface area contributed by atoms with E-state index < -0.39 is 17.7 Å². The maximum Gasteiger partial charge on any atom is 0.224 e. The van der Waals surface area contributed by atoms with E-state index in [4.69, 9.17) is 31.4 Å². The molecule has 156 valence electrons. The van der Waals surface area contributed by atoms with Gasteiger partial charge >= 0.3 is 0 Å². The molecule has 0 saturated heterocycles. The predicted molar refractivity (Wildman–Crippen MR) is 115 cm³/mol. The highest BCUT2D eigenvalue weighted by atomic mass is 79.9. The van der Waals surface area contributed by atoms with E-state index in [1.165, 1.54) is 14.2 Å². The molecule has 0 radical (unpaired) electrons. The van der Waals surface area contributed by atoms with Crippen molar-refractivity contribution in [2.45, 2.75) is 18.8 Å². The van der Waals surface area contributed by atoms with Crippen LogP contribution >= 0.6 is 15.9 Å². The van der Waals surface area contributed by atoms with Crippen LogP contribution in [0.25, 0.3) is 0 Å². The lowest BCUT2D eigenvalue weighted by Gasteiger charge is -2.29. The first-order valence-corrected chi connectivity index (χ1v) is 9.74. The molecule has 2 aromatic rings. The molecule has 0 aromatic heterocycles. The second-order valence-electron chi connectivity index (χ2n) is 6.77. The summed E-state index contributed by atoms with van der Waals surface area (Å²) in [5, 5.41) is 9.77. The summed E-state index contributed by atoms with van der Waals surface area (Å²) in [7, 11) is 3.06. The number of halogens is 1. The fraction of sp³-hybridized carbons (Fsp3) is 0.238. The zero-order chi connectivity index (χ0) is 22.2. The van der Waals surface area contributed by atoms with Gasteiger partial charge in [-0.2, -0.15) is 5.26 Å². The molecule has 9 heteroatoms. The molecule has 0 aliphatic carbocycles. The Morgan fingerprint density at radius 1 is 1.27 bits per heavy atom.